The van der Waals surface area contributed by atoms with Crippen LogP contribution in [0.3, 0.4) is 0 Å². The molecular formula is C25H21FN4. The lowest BCUT2D eigenvalue weighted by Gasteiger charge is -2.12. The fourth-order valence-electron chi connectivity index (χ4n) is 3.73. The molecule has 0 amide bonds. The van der Waals surface area contributed by atoms with Gasteiger partial charge in [0.1, 0.15) is 11.5 Å². The number of imidazole rings is 1. The van der Waals surface area contributed by atoms with Crippen molar-refractivity contribution in [2.24, 2.45) is 0 Å². The number of rotatable bonds is 5. The van der Waals surface area contributed by atoms with Gasteiger partial charge < -0.3 is 9.72 Å². The van der Waals surface area contributed by atoms with Crippen LogP contribution in [0, 0.1) is 12.7 Å². The number of benzene rings is 2. The van der Waals surface area contributed by atoms with Gasteiger partial charge in [0.2, 0.25) is 0 Å². The van der Waals surface area contributed by atoms with Crippen LogP contribution in [0.2, 0.25) is 0 Å². The zero-order chi connectivity index (χ0) is 20.5. The first-order valence-corrected chi connectivity index (χ1v) is 9.95. The lowest BCUT2D eigenvalue weighted by Crippen LogP contribution is -2.14. The molecule has 0 aliphatic carbocycles. The molecule has 3 heterocycles. The molecule has 0 fully saturated rings. The number of hydrogen-bond acceptors (Lipinski definition) is 3. The van der Waals surface area contributed by atoms with Gasteiger partial charge in [-0.25, -0.2) is 14.4 Å². The standard InChI is InChI=1S/C25H21FN4/c1-17-5-10-23-19(12-17)13-20(25(29-23)18-6-8-21(26)9-7-18)14-27-15-22-16-30-11-3-2-4-24(30)28-22/h2-13,16,27H,14-15H2,1H3. The van der Waals surface area contributed by atoms with Crippen molar-refractivity contribution >= 4 is 16.6 Å². The Hall–Kier alpha value is -3.57. The molecule has 0 aliphatic rings. The summed E-state index contributed by atoms with van der Waals surface area (Å²) in [6.07, 6.45) is 4.03. The lowest BCUT2D eigenvalue weighted by atomic mass is 10.0. The van der Waals surface area contributed by atoms with E-state index in [0.717, 1.165) is 39.1 Å². The van der Waals surface area contributed by atoms with Gasteiger partial charge in [0.05, 0.1) is 16.9 Å². The number of nitrogens with one attached hydrogen (secondary N) is 1. The summed E-state index contributed by atoms with van der Waals surface area (Å²) in [5.74, 6) is -0.248. The summed E-state index contributed by atoms with van der Waals surface area (Å²) in [5.41, 5.74) is 6.89. The fourth-order valence-corrected chi connectivity index (χ4v) is 3.73. The Balaban J connectivity index is 1.46. The third kappa shape index (κ3) is 3.67. The summed E-state index contributed by atoms with van der Waals surface area (Å²) in [4.78, 5) is 9.53. The predicted molar refractivity (Wildman–Crippen MR) is 118 cm³/mol. The number of fused-ring (bicyclic) bond motifs is 2. The third-order valence-corrected chi connectivity index (χ3v) is 5.20. The highest BCUT2D eigenvalue weighted by Gasteiger charge is 2.11. The van der Waals surface area contributed by atoms with Crippen molar-refractivity contribution in [3.63, 3.8) is 0 Å². The second-order valence-electron chi connectivity index (χ2n) is 7.50. The Kier molecular flexibility index (Phi) is 4.73. The van der Waals surface area contributed by atoms with Gasteiger partial charge in [-0.2, -0.15) is 0 Å². The molecule has 0 spiro atoms. The molecule has 0 atom stereocenters. The maximum Gasteiger partial charge on any atom is 0.137 e. The van der Waals surface area contributed by atoms with Crippen LogP contribution in [-0.4, -0.2) is 14.4 Å². The average Bonchev–Trinajstić information content (AvgIpc) is 3.17. The number of hydrogen-bond donors (Lipinski definition) is 1. The Morgan fingerprint density at radius 2 is 1.80 bits per heavy atom. The SMILES string of the molecule is Cc1ccc2nc(-c3ccc(F)cc3)c(CNCc3cn4ccccc4n3)cc2c1. The number of halogens is 1. The number of nitrogens with zero attached hydrogens (tertiary/aromatic N) is 3. The van der Waals surface area contributed by atoms with Gasteiger partial charge in [0.15, 0.2) is 0 Å². The second kappa shape index (κ2) is 7.69. The largest absolute Gasteiger partial charge is 0.307 e. The van der Waals surface area contributed by atoms with Crippen LogP contribution in [0.15, 0.2) is 79.1 Å². The molecule has 3 aromatic heterocycles. The van der Waals surface area contributed by atoms with Crippen molar-refractivity contribution in [1.82, 2.24) is 19.7 Å². The summed E-state index contributed by atoms with van der Waals surface area (Å²) in [6.45, 7) is 3.36. The second-order valence-corrected chi connectivity index (χ2v) is 7.50. The summed E-state index contributed by atoms with van der Waals surface area (Å²) in [5, 5.41) is 4.59. The first-order chi connectivity index (χ1) is 14.7. The van der Waals surface area contributed by atoms with Crippen molar-refractivity contribution in [3.05, 3.63) is 102 Å². The van der Waals surface area contributed by atoms with E-state index in [0.29, 0.717) is 13.1 Å². The molecule has 0 radical (unpaired) electrons. The van der Waals surface area contributed by atoms with Gasteiger partial charge in [-0.3, -0.25) is 0 Å². The Labute approximate surface area is 174 Å². The maximum absolute atomic E-state index is 13.4. The van der Waals surface area contributed by atoms with Crippen LogP contribution in [0.25, 0.3) is 27.8 Å². The van der Waals surface area contributed by atoms with Crippen LogP contribution in [0.1, 0.15) is 16.8 Å². The van der Waals surface area contributed by atoms with Crippen molar-refractivity contribution in [2.45, 2.75) is 20.0 Å². The van der Waals surface area contributed by atoms with Crippen LogP contribution < -0.4 is 5.32 Å². The van der Waals surface area contributed by atoms with Crippen LogP contribution in [-0.2, 0) is 13.1 Å². The number of aryl methyl sites for hydroxylation is 1. The molecule has 4 nitrogen and oxygen atoms in total. The zero-order valence-electron chi connectivity index (χ0n) is 16.6. The lowest BCUT2D eigenvalue weighted by molar-refractivity contribution is 0.628. The monoisotopic (exact) mass is 396 g/mol. The van der Waals surface area contributed by atoms with E-state index in [1.54, 1.807) is 12.1 Å². The predicted octanol–water partition coefficient (Wildman–Crippen LogP) is 5.29. The Bertz CT molecular complexity index is 1310. The van der Waals surface area contributed by atoms with Gasteiger partial charge in [-0.05, 0) is 67.1 Å². The smallest absolute Gasteiger partial charge is 0.137 e. The van der Waals surface area contributed by atoms with Crippen molar-refractivity contribution < 1.29 is 4.39 Å². The van der Waals surface area contributed by atoms with Crippen molar-refractivity contribution in [2.75, 3.05) is 0 Å². The fraction of sp³-hybridized carbons (Fsp3) is 0.120. The van der Waals surface area contributed by atoms with Crippen LogP contribution in [0.4, 0.5) is 4.39 Å². The molecule has 148 valence electrons. The van der Waals surface area contributed by atoms with E-state index in [1.165, 1.54) is 17.7 Å². The first kappa shape index (κ1) is 18.5. The molecule has 1 N–H and O–H groups in total. The van der Waals surface area contributed by atoms with Gasteiger partial charge in [0, 0.05) is 36.4 Å². The van der Waals surface area contributed by atoms with Gasteiger partial charge in [0.25, 0.3) is 0 Å². The summed E-state index contributed by atoms with van der Waals surface area (Å²) in [6, 6.07) is 20.9. The number of aromatic nitrogens is 3. The molecule has 5 rings (SSSR count). The van der Waals surface area contributed by atoms with Crippen LogP contribution >= 0.6 is 0 Å². The van der Waals surface area contributed by atoms with Gasteiger partial charge in [-0.1, -0.05) is 17.7 Å². The Morgan fingerprint density at radius 1 is 0.933 bits per heavy atom. The topological polar surface area (TPSA) is 42.2 Å². The van der Waals surface area contributed by atoms with E-state index in [2.05, 4.69) is 35.4 Å². The summed E-state index contributed by atoms with van der Waals surface area (Å²) in [7, 11) is 0. The molecule has 0 saturated heterocycles. The molecule has 0 bridgehead atoms. The maximum atomic E-state index is 13.4. The minimum absolute atomic E-state index is 0.248. The normalized spacial score (nSPS) is 11.4. The Morgan fingerprint density at radius 3 is 2.63 bits per heavy atom. The minimum Gasteiger partial charge on any atom is -0.307 e. The summed E-state index contributed by atoms with van der Waals surface area (Å²) >= 11 is 0. The zero-order valence-corrected chi connectivity index (χ0v) is 16.6. The van der Waals surface area contributed by atoms with Crippen LogP contribution in [0.5, 0.6) is 0 Å². The molecule has 5 heteroatoms. The highest BCUT2D eigenvalue weighted by Crippen LogP contribution is 2.26. The van der Waals surface area contributed by atoms with Crippen molar-refractivity contribution in [1.29, 1.82) is 0 Å². The molecular weight excluding hydrogens is 375 g/mol. The highest BCUT2D eigenvalue weighted by atomic mass is 19.1. The van der Waals surface area contributed by atoms with E-state index in [9.17, 15) is 4.39 Å². The van der Waals surface area contributed by atoms with E-state index >= 15 is 0 Å². The third-order valence-electron chi connectivity index (χ3n) is 5.20. The minimum atomic E-state index is -0.248. The van der Waals surface area contributed by atoms with Crippen molar-refractivity contribution in [3.8, 4) is 11.3 Å². The van der Waals surface area contributed by atoms with E-state index in [1.807, 2.05) is 41.1 Å². The van der Waals surface area contributed by atoms with E-state index in [4.69, 9.17) is 4.98 Å². The summed E-state index contributed by atoms with van der Waals surface area (Å²) < 4.78 is 15.5. The molecule has 0 unspecified atom stereocenters. The quantitative estimate of drug-likeness (QED) is 0.439. The highest BCUT2D eigenvalue weighted by molar-refractivity contribution is 5.84. The molecule has 0 saturated carbocycles. The van der Waals surface area contributed by atoms with E-state index in [-0.39, 0.29) is 5.82 Å². The number of pyridine rings is 2. The van der Waals surface area contributed by atoms with E-state index < -0.39 is 0 Å². The molecule has 2 aromatic carbocycles. The van der Waals surface area contributed by atoms with Gasteiger partial charge >= 0.3 is 0 Å². The molecule has 5 aromatic rings. The average molecular weight is 396 g/mol. The van der Waals surface area contributed by atoms with Gasteiger partial charge in [-0.15, -0.1) is 0 Å². The first-order valence-electron chi connectivity index (χ1n) is 9.95. The molecule has 30 heavy (non-hydrogen) atoms. The molecule has 0 aliphatic heterocycles.